The molecule has 1 aromatic carbocycles. The minimum absolute atomic E-state index is 0.0374. The van der Waals surface area contributed by atoms with Crippen LogP contribution in [0.5, 0.6) is 0 Å². The van der Waals surface area contributed by atoms with E-state index in [0.29, 0.717) is 0 Å². The van der Waals surface area contributed by atoms with Crippen LogP contribution < -0.4 is 16.6 Å². The van der Waals surface area contributed by atoms with Crippen molar-refractivity contribution in [2.75, 3.05) is 5.32 Å². The van der Waals surface area contributed by atoms with Crippen molar-refractivity contribution in [3.8, 4) is 0 Å². The summed E-state index contributed by atoms with van der Waals surface area (Å²) < 4.78 is 5.24. The van der Waals surface area contributed by atoms with Gasteiger partial charge in [0.15, 0.2) is 5.69 Å². The van der Waals surface area contributed by atoms with Crippen molar-refractivity contribution in [1.82, 2.24) is 13.9 Å². The zero-order chi connectivity index (χ0) is 19.0. The number of primary amides is 1. The highest BCUT2D eigenvalue weighted by Crippen LogP contribution is 2.22. The molecule has 3 rings (SSSR count). The maximum absolute atomic E-state index is 12.5. The molecular formula is C17H17N5O3S. The first-order valence-electron chi connectivity index (χ1n) is 7.80. The Kier molecular flexibility index (Phi) is 4.56. The van der Waals surface area contributed by atoms with Gasteiger partial charge in [-0.15, -0.1) is 0 Å². The summed E-state index contributed by atoms with van der Waals surface area (Å²) in [5, 5.41) is 2.84. The molecule has 26 heavy (non-hydrogen) atoms. The van der Waals surface area contributed by atoms with Gasteiger partial charge in [0.05, 0.1) is 6.33 Å². The van der Waals surface area contributed by atoms with Crippen molar-refractivity contribution >= 4 is 39.3 Å². The first-order valence-corrected chi connectivity index (χ1v) is 8.57. The van der Waals surface area contributed by atoms with Gasteiger partial charge in [0.1, 0.15) is 16.8 Å². The first kappa shape index (κ1) is 17.7. The van der Waals surface area contributed by atoms with Crippen LogP contribution in [0.4, 0.5) is 5.69 Å². The van der Waals surface area contributed by atoms with E-state index in [4.69, 9.17) is 5.73 Å². The quantitative estimate of drug-likeness (QED) is 0.720. The predicted octanol–water partition coefficient (Wildman–Crippen LogP) is 1.52. The monoisotopic (exact) mass is 371 g/mol. The summed E-state index contributed by atoms with van der Waals surface area (Å²) in [5.41, 5.74) is 8.64. The standard InChI is InChI=1S/C17H17N5O3S/c1-8-4-9(2)12(10(3)5-8)20-11(23)6-22-7-19-13-14(16(18)24)21-26-15(13)17(22)25/h4-5,7H,6H2,1-3H3,(H2,18,24)(H,20,23). The predicted molar refractivity (Wildman–Crippen MR) is 99.5 cm³/mol. The lowest BCUT2D eigenvalue weighted by Crippen LogP contribution is -2.28. The zero-order valence-electron chi connectivity index (χ0n) is 14.5. The number of carbonyl (C=O) groups excluding carboxylic acids is 2. The van der Waals surface area contributed by atoms with Gasteiger partial charge in [-0.2, -0.15) is 4.37 Å². The SMILES string of the molecule is Cc1cc(C)c(NC(=O)Cn2cnc3c(C(N)=O)nsc3c2=O)c(C)c1. The van der Waals surface area contributed by atoms with Gasteiger partial charge in [-0.1, -0.05) is 17.7 Å². The Labute approximate surface area is 152 Å². The van der Waals surface area contributed by atoms with Gasteiger partial charge in [-0.3, -0.25) is 19.0 Å². The maximum Gasteiger partial charge on any atom is 0.273 e. The number of hydrogen-bond donors (Lipinski definition) is 2. The molecule has 9 heteroatoms. The van der Waals surface area contributed by atoms with Gasteiger partial charge in [0.25, 0.3) is 11.5 Å². The average molecular weight is 371 g/mol. The molecule has 0 saturated carbocycles. The second-order valence-corrected chi connectivity index (χ2v) is 6.85. The number of rotatable bonds is 4. The van der Waals surface area contributed by atoms with Crippen LogP contribution >= 0.6 is 11.5 Å². The molecule has 0 bridgehead atoms. The van der Waals surface area contributed by atoms with Crippen molar-refractivity contribution in [2.24, 2.45) is 5.73 Å². The molecule has 0 unspecified atom stereocenters. The summed E-state index contributed by atoms with van der Waals surface area (Å²) in [5.74, 6) is -1.09. The second kappa shape index (κ2) is 6.68. The number of nitrogens with zero attached hydrogens (tertiary/aromatic N) is 3. The fourth-order valence-corrected chi connectivity index (χ4v) is 3.63. The Hall–Kier alpha value is -3.07. The third kappa shape index (κ3) is 3.21. The topological polar surface area (TPSA) is 120 Å². The van der Waals surface area contributed by atoms with Gasteiger partial charge in [-0.25, -0.2) is 4.98 Å². The third-order valence-electron chi connectivity index (χ3n) is 3.94. The lowest BCUT2D eigenvalue weighted by atomic mass is 10.1. The number of hydrogen-bond acceptors (Lipinski definition) is 6. The molecule has 134 valence electrons. The van der Waals surface area contributed by atoms with E-state index >= 15 is 0 Å². The number of aryl methyl sites for hydroxylation is 3. The van der Waals surface area contributed by atoms with Crippen molar-refractivity contribution in [3.05, 3.63) is 51.2 Å². The molecule has 3 N–H and O–H groups in total. The lowest BCUT2D eigenvalue weighted by Gasteiger charge is -2.13. The molecule has 3 aromatic rings. The van der Waals surface area contributed by atoms with E-state index in [1.54, 1.807) is 0 Å². The Bertz CT molecular complexity index is 1080. The van der Waals surface area contributed by atoms with E-state index in [1.807, 2.05) is 32.9 Å². The normalized spacial score (nSPS) is 10.9. The lowest BCUT2D eigenvalue weighted by molar-refractivity contribution is -0.116. The summed E-state index contributed by atoms with van der Waals surface area (Å²) in [7, 11) is 0. The summed E-state index contributed by atoms with van der Waals surface area (Å²) in [6, 6.07) is 3.95. The molecule has 0 atom stereocenters. The van der Waals surface area contributed by atoms with E-state index in [9.17, 15) is 14.4 Å². The van der Waals surface area contributed by atoms with E-state index in [-0.39, 0.29) is 28.4 Å². The smallest absolute Gasteiger partial charge is 0.273 e. The first-order chi connectivity index (χ1) is 12.3. The molecular weight excluding hydrogens is 354 g/mol. The van der Waals surface area contributed by atoms with Crippen molar-refractivity contribution in [1.29, 1.82) is 0 Å². The van der Waals surface area contributed by atoms with Gasteiger partial charge in [0.2, 0.25) is 5.91 Å². The van der Waals surface area contributed by atoms with E-state index in [2.05, 4.69) is 14.7 Å². The summed E-state index contributed by atoms with van der Waals surface area (Å²) in [6.45, 7) is 5.62. The Balaban J connectivity index is 1.88. The fourth-order valence-electron chi connectivity index (χ4n) is 2.84. The van der Waals surface area contributed by atoms with Gasteiger partial charge in [0, 0.05) is 5.69 Å². The highest BCUT2D eigenvalue weighted by molar-refractivity contribution is 7.13. The van der Waals surface area contributed by atoms with Crippen LogP contribution in [-0.4, -0.2) is 25.7 Å². The third-order valence-corrected chi connectivity index (χ3v) is 4.76. The average Bonchev–Trinajstić information content (AvgIpc) is 2.98. The highest BCUT2D eigenvalue weighted by Gasteiger charge is 2.17. The molecule has 0 aliphatic rings. The van der Waals surface area contributed by atoms with Crippen LogP contribution in [0.3, 0.4) is 0 Å². The van der Waals surface area contributed by atoms with Crippen LogP contribution in [0, 0.1) is 20.8 Å². The van der Waals surface area contributed by atoms with Gasteiger partial charge < -0.3 is 11.1 Å². The number of anilines is 1. The number of carbonyl (C=O) groups is 2. The van der Waals surface area contributed by atoms with Crippen LogP contribution in [0.2, 0.25) is 0 Å². The molecule has 8 nitrogen and oxygen atoms in total. The van der Waals surface area contributed by atoms with Crippen LogP contribution in [0.15, 0.2) is 23.3 Å². The molecule has 0 aliphatic heterocycles. The molecule has 2 amide bonds. The van der Waals surface area contributed by atoms with Crippen molar-refractivity contribution in [3.63, 3.8) is 0 Å². The Morgan fingerprint density at radius 3 is 2.50 bits per heavy atom. The number of nitrogens with one attached hydrogen (secondary N) is 1. The van der Waals surface area contributed by atoms with Gasteiger partial charge >= 0.3 is 0 Å². The number of benzene rings is 1. The van der Waals surface area contributed by atoms with Crippen LogP contribution in [0.25, 0.3) is 10.2 Å². The Morgan fingerprint density at radius 1 is 1.23 bits per heavy atom. The minimum Gasteiger partial charge on any atom is -0.364 e. The number of fused-ring (bicyclic) bond motifs is 1. The molecule has 2 aromatic heterocycles. The van der Waals surface area contributed by atoms with Gasteiger partial charge in [-0.05, 0) is 43.4 Å². The van der Waals surface area contributed by atoms with Crippen LogP contribution in [0.1, 0.15) is 27.2 Å². The largest absolute Gasteiger partial charge is 0.364 e. The second-order valence-electron chi connectivity index (χ2n) is 6.07. The molecule has 0 aliphatic carbocycles. The molecule has 0 radical (unpaired) electrons. The number of aromatic nitrogens is 3. The summed E-state index contributed by atoms with van der Waals surface area (Å²) >= 11 is 0.842. The van der Waals surface area contributed by atoms with Crippen LogP contribution in [-0.2, 0) is 11.3 Å². The summed E-state index contributed by atoms with van der Waals surface area (Å²) in [4.78, 5) is 40.2. The van der Waals surface area contributed by atoms with E-state index < -0.39 is 11.5 Å². The molecule has 2 heterocycles. The molecule has 0 spiro atoms. The minimum atomic E-state index is -0.746. The zero-order valence-corrected chi connectivity index (χ0v) is 15.3. The molecule has 0 fully saturated rings. The van der Waals surface area contributed by atoms with E-state index in [0.717, 1.165) is 33.9 Å². The van der Waals surface area contributed by atoms with Crippen molar-refractivity contribution < 1.29 is 9.59 Å². The Morgan fingerprint density at radius 2 is 1.88 bits per heavy atom. The van der Waals surface area contributed by atoms with Crippen molar-refractivity contribution in [2.45, 2.75) is 27.3 Å². The summed E-state index contributed by atoms with van der Waals surface area (Å²) in [6.07, 6.45) is 1.22. The van der Waals surface area contributed by atoms with E-state index in [1.165, 1.54) is 10.9 Å². The molecule has 0 saturated heterocycles. The number of amides is 2. The fraction of sp³-hybridized carbons (Fsp3) is 0.235. The maximum atomic E-state index is 12.5. The number of nitrogens with two attached hydrogens (primary N) is 1. The highest BCUT2D eigenvalue weighted by atomic mass is 32.1.